The molecule has 0 aliphatic carbocycles. The maximum absolute atomic E-state index is 13.3. The maximum atomic E-state index is 13.3. The molecule has 1 aromatic heterocycles. The standard InChI is InChI=1S/C20H18BrFN4O2/c1-26-11-10-23-19(26)18(13-6-8-14(22)9-7-13)25-17(27)12-24-20(28)15-4-2-3-5-16(15)21/h2-11,18H,12H2,1H3,(H,24,28)(H,25,27)/t18-/m0/s1. The van der Waals surface area contributed by atoms with Crippen LogP contribution in [0.3, 0.4) is 0 Å². The van der Waals surface area contributed by atoms with Gasteiger partial charge in [0.1, 0.15) is 17.7 Å². The lowest BCUT2D eigenvalue weighted by molar-refractivity contribution is -0.120. The first kappa shape index (κ1) is 19.8. The Morgan fingerprint density at radius 1 is 1.18 bits per heavy atom. The molecule has 0 spiro atoms. The largest absolute Gasteiger partial charge is 0.343 e. The van der Waals surface area contributed by atoms with Crippen molar-refractivity contribution in [3.8, 4) is 0 Å². The molecule has 8 heteroatoms. The molecular formula is C20H18BrFN4O2. The molecular weight excluding hydrogens is 427 g/mol. The van der Waals surface area contributed by atoms with Crippen LogP contribution in [-0.4, -0.2) is 27.9 Å². The van der Waals surface area contributed by atoms with Crippen LogP contribution >= 0.6 is 15.9 Å². The zero-order chi connectivity index (χ0) is 20.1. The normalized spacial score (nSPS) is 11.7. The Hall–Kier alpha value is -3.00. The number of carbonyl (C=O) groups excluding carboxylic acids is 2. The zero-order valence-corrected chi connectivity index (χ0v) is 16.6. The fraction of sp³-hybridized carbons (Fsp3) is 0.150. The third-order valence-electron chi connectivity index (χ3n) is 4.15. The second kappa shape index (κ2) is 8.79. The summed E-state index contributed by atoms with van der Waals surface area (Å²) in [6, 6.07) is 12.2. The van der Waals surface area contributed by atoms with Crippen molar-refractivity contribution in [3.63, 3.8) is 0 Å². The van der Waals surface area contributed by atoms with E-state index >= 15 is 0 Å². The molecule has 144 valence electrons. The van der Waals surface area contributed by atoms with E-state index in [2.05, 4.69) is 31.5 Å². The summed E-state index contributed by atoms with van der Waals surface area (Å²) in [7, 11) is 1.81. The number of carbonyl (C=O) groups is 2. The van der Waals surface area contributed by atoms with E-state index in [0.29, 0.717) is 21.4 Å². The van der Waals surface area contributed by atoms with Crippen LogP contribution in [0.2, 0.25) is 0 Å². The predicted molar refractivity (Wildman–Crippen MR) is 106 cm³/mol. The van der Waals surface area contributed by atoms with Gasteiger partial charge in [-0.05, 0) is 45.8 Å². The summed E-state index contributed by atoms with van der Waals surface area (Å²) in [5, 5.41) is 5.44. The van der Waals surface area contributed by atoms with Gasteiger partial charge in [-0.2, -0.15) is 0 Å². The molecule has 0 aliphatic rings. The van der Waals surface area contributed by atoms with Gasteiger partial charge in [-0.3, -0.25) is 9.59 Å². The molecule has 3 rings (SSSR count). The number of aromatic nitrogens is 2. The SMILES string of the molecule is Cn1ccnc1[C@@H](NC(=O)CNC(=O)c1ccccc1Br)c1ccc(F)cc1. The molecule has 1 atom stereocenters. The number of halogens is 2. The van der Waals surface area contributed by atoms with Gasteiger partial charge in [0.05, 0.1) is 12.1 Å². The molecule has 0 radical (unpaired) electrons. The van der Waals surface area contributed by atoms with E-state index in [4.69, 9.17) is 0 Å². The summed E-state index contributed by atoms with van der Waals surface area (Å²) in [4.78, 5) is 29.0. The van der Waals surface area contributed by atoms with Crippen LogP contribution in [0.5, 0.6) is 0 Å². The third-order valence-corrected chi connectivity index (χ3v) is 4.84. The van der Waals surface area contributed by atoms with Gasteiger partial charge >= 0.3 is 0 Å². The Labute approximate surface area is 169 Å². The quantitative estimate of drug-likeness (QED) is 0.613. The molecule has 1 heterocycles. The first-order chi connectivity index (χ1) is 13.5. The lowest BCUT2D eigenvalue weighted by Gasteiger charge is -2.19. The molecule has 2 N–H and O–H groups in total. The van der Waals surface area contributed by atoms with Gasteiger partial charge < -0.3 is 15.2 Å². The number of nitrogens with zero attached hydrogens (tertiary/aromatic N) is 2. The molecule has 3 aromatic rings. The van der Waals surface area contributed by atoms with E-state index in [1.165, 1.54) is 12.1 Å². The average Bonchev–Trinajstić information content (AvgIpc) is 3.11. The van der Waals surface area contributed by atoms with Crippen molar-refractivity contribution in [2.75, 3.05) is 6.54 Å². The van der Waals surface area contributed by atoms with Crippen molar-refractivity contribution in [2.24, 2.45) is 7.05 Å². The number of nitrogens with one attached hydrogen (secondary N) is 2. The smallest absolute Gasteiger partial charge is 0.252 e. The highest BCUT2D eigenvalue weighted by molar-refractivity contribution is 9.10. The minimum atomic E-state index is -0.575. The Kier molecular flexibility index (Phi) is 6.20. The highest BCUT2D eigenvalue weighted by Crippen LogP contribution is 2.21. The summed E-state index contributed by atoms with van der Waals surface area (Å²) in [5.74, 6) is -0.526. The molecule has 0 aliphatic heterocycles. The van der Waals surface area contributed by atoms with Crippen LogP contribution in [0.15, 0.2) is 65.4 Å². The molecule has 2 amide bonds. The Balaban J connectivity index is 1.71. The van der Waals surface area contributed by atoms with Crippen molar-refractivity contribution < 1.29 is 14.0 Å². The van der Waals surface area contributed by atoms with E-state index < -0.39 is 11.9 Å². The molecule has 0 unspecified atom stereocenters. The molecule has 0 saturated carbocycles. The third kappa shape index (κ3) is 4.64. The van der Waals surface area contributed by atoms with Crippen molar-refractivity contribution in [1.29, 1.82) is 0 Å². The number of amides is 2. The summed E-state index contributed by atoms with van der Waals surface area (Å²) in [6.45, 7) is -0.206. The summed E-state index contributed by atoms with van der Waals surface area (Å²) in [6.07, 6.45) is 3.37. The fourth-order valence-corrected chi connectivity index (χ4v) is 3.19. The van der Waals surface area contributed by atoms with E-state index in [1.807, 2.05) is 0 Å². The number of benzene rings is 2. The highest BCUT2D eigenvalue weighted by atomic mass is 79.9. The highest BCUT2D eigenvalue weighted by Gasteiger charge is 2.21. The van der Waals surface area contributed by atoms with E-state index in [-0.39, 0.29) is 18.3 Å². The van der Waals surface area contributed by atoms with Crippen LogP contribution in [0, 0.1) is 5.82 Å². The van der Waals surface area contributed by atoms with Crippen LogP contribution in [0.1, 0.15) is 27.8 Å². The maximum Gasteiger partial charge on any atom is 0.252 e. The van der Waals surface area contributed by atoms with Gasteiger partial charge in [0.2, 0.25) is 5.91 Å². The zero-order valence-electron chi connectivity index (χ0n) is 15.0. The van der Waals surface area contributed by atoms with Crippen molar-refractivity contribution in [3.05, 3.63) is 88.2 Å². The predicted octanol–water partition coefficient (Wildman–Crippen LogP) is 2.96. The summed E-state index contributed by atoms with van der Waals surface area (Å²) < 4.78 is 15.7. The van der Waals surface area contributed by atoms with Gasteiger partial charge in [0, 0.05) is 23.9 Å². The first-order valence-corrected chi connectivity index (χ1v) is 9.30. The minimum absolute atomic E-state index is 0.206. The molecule has 2 aromatic carbocycles. The summed E-state index contributed by atoms with van der Waals surface area (Å²) in [5.41, 5.74) is 1.12. The minimum Gasteiger partial charge on any atom is -0.343 e. The van der Waals surface area contributed by atoms with Gasteiger partial charge in [0.15, 0.2) is 0 Å². The molecule has 6 nitrogen and oxygen atoms in total. The van der Waals surface area contributed by atoms with Crippen LogP contribution in [0.25, 0.3) is 0 Å². The van der Waals surface area contributed by atoms with Crippen LogP contribution < -0.4 is 10.6 Å². The molecule has 0 saturated heterocycles. The first-order valence-electron chi connectivity index (χ1n) is 8.50. The van der Waals surface area contributed by atoms with Gasteiger partial charge in [0.25, 0.3) is 5.91 Å². The Morgan fingerprint density at radius 3 is 2.54 bits per heavy atom. The van der Waals surface area contributed by atoms with Crippen molar-refractivity contribution in [2.45, 2.75) is 6.04 Å². The average molecular weight is 445 g/mol. The van der Waals surface area contributed by atoms with Gasteiger partial charge in [-0.1, -0.05) is 24.3 Å². The van der Waals surface area contributed by atoms with Crippen molar-refractivity contribution >= 4 is 27.7 Å². The molecule has 0 fully saturated rings. The van der Waals surface area contributed by atoms with Crippen LogP contribution in [0.4, 0.5) is 4.39 Å². The molecule has 0 bridgehead atoms. The van der Waals surface area contributed by atoms with Crippen molar-refractivity contribution in [1.82, 2.24) is 20.2 Å². The number of aryl methyl sites for hydroxylation is 1. The van der Waals surface area contributed by atoms with E-state index in [0.717, 1.165) is 0 Å². The number of imidazole rings is 1. The van der Waals surface area contributed by atoms with Gasteiger partial charge in [-0.15, -0.1) is 0 Å². The Bertz CT molecular complexity index is 988. The summed E-state index contributed by atoms with van der Waals surface area (Å²) >= 11 is 3.31. The van der Waals surface area contributed by atoms with E-state index in [1.54, 1.807) is 60.4 Å². The van der Waals surface area contributed by atoms with E-state index in [9.17, 15) is 14.0 Å². The Morgan fingerprint density at radius 2 is 1.89 bits per heavy atom. The monoisotopic (exact) mass is 444 g/mol. The number of hydrogen-bond donors (Lipinski definition) is 2. The number of hydrogen-bond acceptors (Lipinski definition) is 3. The second-order valence-corrected chi connectivity index (χ2v) is 6.97. The van der Waals surface area contributed by atoms with Gasteiger partial charge in [-0.25, -0.2) is 9.37 Å². The topological polar surface area (TPSA) is 76.0 Å². The lowest BCUT2D eigenvalue weighted by atomic mass is 10.1. The molecule has 28 heavy (non-hydrogen) atoms. The number of rotatable bonds is 6. The fourth-order valence-electron chi connectivity index (χ4n) is 2.72. The lowest BCUT2D eigenvalue weighted by Crippen LogP contribution is -2.39. The second-order valence-electron chi connectivity index (χ2n) is 6.11. The van der Waals surface area contributed by atoms with Crippen LogP contribution in [-0.2, 0) is 11.8 Å².